The number of nitrogens with zero attached hydrogens (tertiary/aromatic N) is 2. The molecular weight excluding hydrogens is 629 g/mol. The van der Waals surface area contributed by atoms with Gasteiger partial charge in [-0.3, -0.25) is 0 Å². The van der Waals surface area contributed by atoms with Crippen LogP contribution in [-0.4, -0.2) is 0 Å². The molecule has 0 radical (unpaired) electrons. The van der Waals surface area contributed by atoms with Crippen molar-refractivity contribution in [3.05, 3.63) is 180 Å². The minimum atomic E-state index is 0.125. The average molecular weight is 677 g/mol. The summed E-state index contributed by atoms with van der Waals surface area (Å²) in [5.74, 6) is 0. The van der Waals surface area contributed by atoms with Crippen molar-refractivity contribution in [1.29, 1.82) is 0 Å². The molecule has 0 N–H and O–H groups in total. The highest BCUT2D eigenvalue weighted by atomic mass is 15.1. The van der Waals surface area contributed by atoms with Crippen molar-refractivity contribution in [2.75, 3.05) is 9.80 Å². The smallest absolute Gasteiger partial charge is 0.0468 e. The van der Waals surface area contributed by atoms with Gasteiger partial charge in [0.15, 0.2) is 0 Å². The molecule has 7 aromatic carbocycles. The first-order valence-corrected chi connectivity index (χ1v) is 18.6. The second kappa shape index (κ2) is 13.2. The molecule has 0 aliphatic heterocycles. The van der Waals surface area contributed by atoms with Crippen LogP contribution in [0.1, 0.15) is 62.8 Å². The molecule has 0 bridgehead atoms. The lowest BCUT2D eigenvalue weighted by Gasteiger charge is -2.42. The van der Waals surface area contributed by atoms with Gasteiger partial charge in [-0.2, -0.15) is 0 Å². The van der Waals surface area contributed by atoms with Gasteiger partial charge >= 0.3 is 0 Å². The summed E-state index contributed by atoms with van der Waals surface area (Å²) in [7, 11) is 0. The quantitative estimate of drug-likeness (QED) is 0.166. The van der Waals surface area contributed by atoms with E-state index >= 15 is 0 Å². The fraction of sp³-hybridized carbons (Fsp3) is 0.200. The monoisotopic (exact) mass is 676 g/mol. The van der Waals surface area contributed by atoms with E-state index in [1.54, 1.807) is 0 Å². The van der Waals surface area contributed by atoms with Crippen molar-refractivity contribution >= 4 is 44.9 Å². The van der Waals surface area contributed by atoms with Crippen molar-refractivity contribution in [1.82, 2.24) is 0 Å². The maximum Gasteiger partial charge on any atom is 0.0468 e. The molecule has 0 aromatic heterocycles. The third kappa shape index (κ3) is 6.39. The van der Waals surface area contributed by atoms with Crippen molar-refractivity contribution < 1.29 is 0 Å². The fourth-order valence-corrected chi connectivity index (χ4v) is 7.92. The fourth-order valence-electron chi connectivity index (χ4n) is 7.92. The first-order valence-electron chi connectivity index (χ1n) is 18.6. The van der Waals surface area contributed by atoms with E-state index in [1.165, 1.54) is 62.7 Å². The Bertz CT molecular complexity index is 2300. The molecule has 0 saturated heterocycles. The van der Waals surface area contributed by atoms with Crippen molar-refractivity contribution in [2.45, 2.75) is 65.2 Å². The number of aryl methyl sites for hydroxylation is 2. The topological polar surface area (TPSA) is 6.48 Å². The van der Waals surface area contributed by atoms with Crippen LogP contribution in [0, 0.1) is 13.8 Å². The van der Waals surface area contributed by atoms with Gasteiger partial charge < -0.3 is 9.80 Å². The van der Waals surface area contributed by atoms with Gasteiger partial charge in [0.2, 0.25) is 0 Å². The van der Waals surface area contributed by atoms with Crippen LogP contribution in [0.2, 0.25) is 0 Å². The molecule has 1 aliphatic rings. The Balaban J connectivity index is 1.16. The summed E-state index contributed by atoms with van der Waals surface area (Å²) in [5.41, 5.74) is 15.1. The summed E-state index contributed by atoms with van der Waals surface area (Å²) < 4.78 is 0. The van der Waals surface area contributed by atoms with E-state index < -0.39 is 0 Å². The lowest BCUT2D eigenvalue weighted by molar-refractivity contribution is 0.332. The number of rotatable bonds is 7. The van der Waals surface area contributed by atoms with Gasteiger partial charge in [0.1, 0.15) is 0 Å². The van der Waals surface area contributed by atoms with E-state index in [-0.39, 0.29) is 10.8 Å². The molecule has 2 nitrogen and oxygen atoms in total. The summed E-state index contributed by atoms with van der Waals surface area (Å²) >= 11 is 0. The minimum Gasteiger partial charge on any atom is -0.311 e. The molecule has 7 aromatic rings. The van der Waals surface area contributed by atoms with Crippen LogP contribution in [0.25, 0.3) is 21.9 Å². The molecule has 0 unspecified atom stereocenters. The Morgan fingerprint density at radius 2 is 0.750 bits per heavy atom. The van der Waals surface area contributed by atoms with Crippen LogP contribution < -0.4 is 9.80 Å². The summed E-state index contributed by atoms with van der Waals surface area (Å²) in [6, 6.07) is 58.2. The molecule has 2 heteroatoms. The van der Waals surface area contributed by atoms with Gasteiger partial charge in [-0.25, -0.2) is 0 Å². The lowest BCUT2D eigenvalue weighted by atomic mass is 9.63. The number of hydrogen-bond acceptors (Lipinski definition) is 2. The van der Waals surface area contributed by atoms with Gasteiger partial charge in [0.25, 0.3) is 0 Å². The number of fused-ring (bicyclic) bond motifs is 2. The highest BCUT2D eigenvalue weighted by Gasteiger charge is 2.37. The van der Waals surface area contributed by atoms with Gasteiger partial charge in [-0.05, 0) is 143 Å². The third-order valence-electron chi connectivity index (χ3n) is 11.3. The zero-order valence-corrected chi connectivity index (χ0v) is 31.3. The summed E-state index contributed by atoms with van der Waals surface area (Å²) in [5, 5.41) is 2.49. The predicted molar refractivity (Wildman–Crippen MR) is 224 cm³/mol. The maximum atomic E-state index is 2.46. The van der Waals surface area contributed by atoms with Gasteiger partial charge in [0, 0.05) is 34.1 Å². The molecule has 8 rings (SSSR count). The van der Waals surface area contributed by atoms with Gasteiger partial charge in [0.05, 0.1) is 0 Å². The molecule has 258 valence electrons. The average Bonchev–Trinajstić information content (AvgIpc) is 3.16. The molecule has 0 saturated carbocycles. The van der Waals surface area contributed by atoms with E-state index in [4.69, 9.17) is 0 Å². The molecule has 52 heavy (non-hydrogen) atoms. The van der Waals surface area contributed by atoms with Crippen LogP contribution in [0.15, 0.2) is 158 Å². The summed E-state index contributed by atoms with van der Waals surface area (Å²) in [6.07, 6.45) is 2.40. The predicted octanol–water partition coefficient (Wildman–Crippen LogP) is 14.4. The van der Waals surface area contributed by atoms with E-state index in [1.807, 2.05) is 0 Å². The van der Waals surface area contributed by atoms with E-state index in [9.17, 15) is 0 Å². The second-order valence-corrected chi connectivity index (χ2v) is 16.0. The van der Waals surface area contributed by atoms with Crippen molar-refractivity contribution in [3.63, 3.8) is 0 Å². The van der Waals surface area contributed by atoms with Crippen LogP contribution in [0.3, 0.4) is 0 Å². The van der Waals surface area contributed by atoms with E-state index in [0.717, 1.165) is 28.4 Å². The number of hydrogen-bond donors (Lipinski definition) is 0. The van der Waals surface area contributed by atoms with Crippen LogP contribution >= 0.6 is 0 Å². The first kappa shape index (κ1) is 33.5. The standard InChI is InChI=1S/C50H48N2/c1-35-11-20-41(21-12-35)51(42-22-13-36(2)14-23-42)43-24-15-38(16-25-43)39-17-26-44(27-18-39)52(45-28-19-37-9-7-8-10-40(37)33-45)46-29-30-47-48(34-46)50(5,6)32-31-49(47,3)4/h7-30,33-34H,31-32H2,1-6H3. The summed E-state index contributed by atoms with van der Waals surface area (Å²) in [4.78, 5) is 4.76. The Morgan fingerprint density at radius 3 is 1.27 bits per heavy atom. The normalized spacial score (nSPS) is 14.5. The second-order valence-electron chi connectivity index (χ2n) is 16.0. The molecule has 0 heterocycles. The Hall–Kier alpha value is -5.60. The van der Waals surface area contributed by atoms with Crippen LogP contribution in [-0.2, 0) is 10.8 Å². The minimum absolute atomic E-state index is 0.125. The molecule has 0 spiro atoms. The van der Waals surface area contributed by atoms with Crippen LogP contribution in [0.5, 0.6) is 0 Å². The highest BCUT2D eigenvalue weighted by molar-refractivity contribution is 5.90. The Morgan fingerprint density at radius 1 is 0.365 bits per heavy atom. The molecule has 0 amide bonds. The maximum absolute atomic E-state index is 2.46. The summed E-state index contributed by atoms with van der Waals surface area (Å²) in [6.45, 7) is 13.9. The SMILES string of the molecule is Cc1ccc(N(c2ccc(C)cc2)c2ccc(-c3ccc(N(c4ccc5c(c4)C(C)(C)CCC5(C)C)c4ccc5ccccc5c4)cc3)cc2)cc1. The molecule has 1 aliphatic carbocycles. The van der Waals surface area contributed by atoms with Crippen molar-refractivity contribution in [2.24, 2.45) is 0 Å². The molecular formula is C50H48N2. The van der Waals surface area contributed by atoms with E-state index in [2.05, 4.69) is 209 Å². The Kier molecular flexibility index (Phi) is 8.50. The van der Waals surface area contributed by atoms with Gasteiger partial charge in [-0.15, -0.1) is 0 Å². The first-order chi connectivity index (χ1) is 25.1. The zero-order chi connectivity index (χ0) is 36.0. The lowest BCUT2D eigenvalue weighted by Crippen LogP contribution is -2.34. The zero-order valence-electron chi connectivity index (χ0n) is 31.3. The van der Waals surface area contributed by atoms with E-state index in [0.29, 0.717) is 0 Å². The van der Waals surface area contributed by atoms with Crippen LogP contribution in [0.4, 0.5) is 34.1 Å². The van der Waals surface area contributed by atoms with Gasteiger partial charge in [-0.1, -0.05) is 124 Å². The molecule has 0 atom stereocenters. The Labute approximate surface area is 310 Å². The number of anilines is 6. The van der Waals surface area contributed by atoms with Crippen molar-refractivity contribution in [3.8, 4) is 11.1 Å². The highest BCUT2D eigenvalue weighted by Crippen LogP contribution is 2.48. The largest absolute Gasteiger partial charge is 0.311 e. The third-order valence-corrected chi connectivity index (χ3v) is 11.3. The molecule has 0 fully saturated rings. The number of benzene rings is 7.